The lowest BCUT2D eigenvalue weighted by Crippen LogP contribution is -2.63. The molecule has 0 unspecified atom stereocenters. The average molecular weight is 335 g/mol. The highest BCUT2D eigenvalue weighted by atomic mass is 35.5. The monoisotopic (exact) mass is 334 g/mol. The zero-order valence-electron chi connectivity index (χ0n) is 11.3. The van der Waals surface area contributed by atoms with Gasteiger partial charge in [-0.25, -0.2) is 8.42 Å². The van der Waals surface area contributed by atoms with Gasteiger partial charge < -0.3 is 5.11 Å². The van der Waals surface area contributed by atoms with Crippen LogP contribution in [0.2, 0.25) is 5.02 Å². The van der Waals surface area contributed by atoms with Crippen molar-refractivity contribution in [1.82, 2.24) is 4.31 Å². The Kier molecular flexibility index (Phi) is 4.25. The number of nitrogens with zero attached hydrogens (tertiary/aromatic N) is 2. The SMILES string of the molecule is CCCC1(O)CN(S(=O)(=O)c2ccc(Cl)cc2[N+](=O)[O-])C1. The van der Waals surface area contributed by atoms with Crippen LogP contribution in [0.1, 0.15) is 19.8 Å². The zero-order valence-corrected chi connectivity index (χ0v) is 12.9. The lowest BCUT2D eigenvalue weighted by atomic mass is 9.92. The topological polar surface area (TPSA) is 101 Å². The molecule has 1 aromatic rings. The normalized spacial score (nSPS) is 18.2. The molecule has 1 fully saturated rings. The van der Waals surface area contributed by atoms with E-state index in [0.29, 0.717) is 6.42 Å². The minimum atomic E-state index is -4.01. The second-order valence-electron chi connectivity index (χ2n) is 5.12. The molecule has 21 heavy (non-hydrogen) atoms. The molecule has 2 rings (SSSR count). The number of aliphatic hydroxyl groups is 1. The minimum Gasteiger partial charge on any atom is -0.387 e. The lowest BCUT2D eigenvalue weighted by molar-refractivity contribution is -0.387. The molecular weight excluding hydrogens is 320 g/mol. The van der Waals surface area contributed by atoms with Crippen molar-refractivity contribution in [1.29, 1.82) is 0 Å². The Labute approximate surface area is 127 Å². The summed E-state index contributed by atoms with van der Waals surface area (Å²) in [6, 6.07) is 3.42. The van der Waals surface area contributed by atoms with Gasteiger partial charge in [-0.15, -0.1) is 0 Å². The molecule has 1 N–H and O–H groups in total. The Morgan fingerprint density at radius 1 is 1.48 bits per heavy atom. The third kappa shape index (κ3) is 3.03. The standard InChI is InChI=1S/C12H15ClN2O5S/c1-2-5-12(16)7-14(8-12)21(19,20)11-4-3-9(13)6-10(11)15(17)18/h3-4,6,16H,2,5,7-8H2,1H3. The van der Waals surface area contributed by atoms with E-state index in [-0.39, 0.29) is 18.1 Å². The maximum absolute atomic E-state index is 12.4. The highest BCUT2D eigenvalue weighted by molar-refractivity contribution is 7.89. The van der Waals surface area contributed by atoms with Gasteiger partial charge >= 0.3 is 0 Å². The van der Waals surface area contributed by atoms with Crippen LogP contribution in [0.15, 0.2) is 23.1 Å². The molecule has 0 amide bonds. The second kappa shape index (κ2) is 5.53. The first-order chi connectivity index (χ1) is 9.69. The van der Waals surface area contributed by atoms with Crippen molar-refractivity contribution in [2.75, 3.05) is 13.1 Å². The van der Waals surface area contributed by atoms with Crippen LogP contribution in [-0.4, -0.2) is 41.4 Å². The number of benzene rings is 1. The Morgan fingerprint density at radius 3 is 2.62 bits per heavy atom. The van der Waals surface area contributed by atoms with Gasteiger partial charge in [0.15, 0.2) is 4.90 Å². The molecule has 0 bridgehead atoms. The van der Waals surface area contributed by atoms with Gasteiger partial charge in [0.25, 0.3) is 5.69 Å². The first kappa shape index (κ1) is 16.2. The van der Waals surface area contributed by atoms with E-state index in [9.17, 15) is 23.6 Å². The van der Waals surface area contributed by atoms with Crippen LogP contribution < -0.4 is 0 Å². The fourth-order valence-electron chi connectivity index (χ4n) is 2.39. The van der Waals surface area contributed by atoms with Crippen molar-refractivity contribution in [2.24, 2.45) is 0 Å². The van der Waals surface area contributed by atoms with E-state index in [1.807, 2.05) is 6.92 Å². The Bertz CT molecular complexity index is 670. The maximum atomic E-state index is 12.4. The fourth-order valence-corrected chi connectivity index (χ4v) is 4.30. The van der Waals surface area contributed by atoms with Crippen LogP contribution in [-0.2, 0) is 10.0 Å². The summed E-state index contributed by atoms with van der Waals surface area (Å²) in [7, 11) is -4.01. The molecule has 0 aliphatic carbocycles. The predicted molar refractivity (Wildman–Crippen MR) is 76.7 cm³/mol. The Hall–Kier alpha value is -1.22. The van der Waals surface area contributed by atoms with Crippen LogP contribution >= 0.6 is 11.6 Å². The molecule has 116 valence electrons. The second-order valence-corrected chi connectivity index (χ2v) is 7.46. The molecule has 1 aromatic carbocycles. The molecule has 1 aliphatic rings. The minimum absolute atomic E-state index is 0.0526. The highest BCUT2D eigenvalue weighted by Crippen LogP contribution is 2.35. The molecule has 1 heterocycles. The van der Waals surface area contributed by atoms with E-state index in [1.165, 1.54) is 6.07 Å². The van der Waals surface area contributed by atoms with Gasteiger partial charge in [0, 0.05) is 24.2 Å². The summed E-state index contributed by atoms with van der Waals surface area (Å²) in [5.41, 5.74) is -1.60. The Balaban J connectivity index is 2.32. The molecule has 7 nitrogen and oxygen atoms in total. The smallest absolute Gasteiger partial charge is 0.290 e. The van der Waals surface area contributed by atoms with Gasteiger partial charge in [-0.2, -0.15) is 4.31 Å². The van der Waals surface area contributed by atoms with Gasteiger partial charge in [-0.3, -0.25) is 10.1 Å². The van der Waals surface area contributed by atoms with Crippen LogP contribution in [0.25, 0.3) is 0 Å². The lowest BCUT2D eigenvalue weighted by Gasteiger charge is -2.45. The van der Waals surface area contributed by atoms with Gasteiger partial charge in [0.1, 0.15) is 0 Å². The zero-order chi connectivity index (χ0) is 15.8. The van der Waals surface area contributed by atoms with Crippen molar-refractivity contribution in [3.8, 4) is 0 Å². The molecule has 0 radical (unpaired) electrons. The summed E-state index contributed by atoms with van der Waals surface area (Å²) in [4.78, 5) is 9.81. The number of nitro benzene ring substituents is 1. The highest BCUT2D eigenvalue weighted by Gasteiger charge is 2.47. The number of halogens is 1. The Morgan fingerprint density at radius 2 is 2.10 bits per heavy atom. The van der Waals surface area contributed by atoms with Crippen LogP contribution in [0.4, 0.5) is 5.69 Å². The van der Waals surface area contributed by atoms with E-state index in [0.717, 1.165) is 22.9 Å². The van der Waals surface area contributed by atoms with Gasteiger partial charge in [0.05, 0.1) is 10.5 Å². The van der Waals surface area contributed by atoms with Crippen molar-refractivity contribution in [3.05, 3.63) is 33.3 Å². The molecule has 0 spiro atoms. The first-order valence-electron chi connectivity index (χ1n) is 6.36. The number of β-amino-alcohol motifs (C(OH)–C–C–N with tert-alkyl or cyclic N) is 1. The summed E-state index contributed by atoms with van der Waals surface area (Å²) in [6.45, 7) is 1.78. The largest absolute Gasteiger partial charge is 0.387 e. The summed E-state index contributed by atoms with van der Waals surface area (Å²) in [6.07, 6.45) is 1.22. The molecule has 1 aliphatic heterocycles. The van der Waals surface area contributed by atoms with Crippen molar-refractivity contribution >= 4 is 27.3 Å². The fraction of sp³-hybridized carbons (Fsp3) is 0.500. The molecule has 0 atom stereocenters. The first-order valence-corrected chi connectivity index (χ1v) is 8.18. The van der Waals surface area contributed by atoms with E-state index in [1.54, 1.807) is 0 Å². The van der Waals surface area contributed by atoms with E-state index < -0.39 is 31.1 Å². The molecule has 1 saturated heterocycles. The number of sulfonamides is 1. The van der Waals surface area contributed by atoms with Crippen LogP contribution in [0.5, 0.6) is 0 Å². The van der Waals surface area contributed by atoms with Crippen molar-refractivity contribution in [3.63, 3.8) is 0 Å². The summed E-state index contributed by atoms with van der Waals surface area (Å²) in [5.74, 6) is 0. The quantitative estimate of drug-likeness (QED) is 0.653. The molecule has 0 saturated carbocycles. The molecular formula is C12H15ClN2O5S. The van der Waals surface area contributed by atoms with Crippen LogP contribution in [0.3, 0.4) is 0 Å². The third-order valence-corrected chi connectivity index (χ3v) is 5.47. The predicted octanol–water partition coefficient (Wildman–Crippen LogP) is 1.78. The number of hydrogen-bond donors (Lipinski definition) is 1. The number of hydrogen-bond acceptors (Lipinski definition) is 5. The van der Waals surface area contributed by atoms with Crippen LogP contribution in [0, 0.1) is 10.1 Å². The maximum Gasteiger partial charge on any atom is 0.290 e. The van der Waals surface area contributed by atoms with E-state index >= 15 is 0 Å². The molecule has 0 aromatic heterocycles. The van der Waals surface area contributed by atoms with Crippen molar-refractivity contribution < 1.29 is 18.4 Å². The van der Waals surface area contributed by atoms with Crippen molar-refractivity contribution in [2.45, 2.75) is 30.3 Å². The van der Waals surface area contributed by atoms with E-state index in [4.69, 9.17) is 11.6 Å². The number of nitro groups is 1. The number of rotatable bonds is 5. The van der Waals surface area contributed by atoms with Gasteiger partial charge in [-0.1, -0.05) is 24.9 Å². The molecule has 9 heteroatoms. The van der Waals surface area contributed by atoms with E-state index in [2.05, 4.69) is 0 Å². The van der Waals surface area contributed by atoms with Gasteiger partial charge in [0.2, 0.25) is 10.0 Å². The average Bonchev–Trinajstić information content (AvgIpc) is 2.35. The summed E-state index contributed by atoms with van der Waals surface area (Å²) >= 11 is 5.67. The third-order valence-electron chi connectivity index (χ3n) is 3.39. The summed E-state index contributed by atoms with van der Waals surface area (Å²) < 4.78 is 25.9. The summed E-state index contributed by atoms with van der Waals surface area (Å²) in [5, 5.41) is 21.1. The van der Waals surface area contributed by atoms with Gasteiger partial charge in [-0.05, 0) is 18.6 Å².